The molecule has 0 atom stereocenters. The maximum atomic E-state index is 12.8. The summed E-state index contributed by atoms with van der Waals surface area (Å²) in [5.41, 5.74) is 2.49. The second-order valence-electron chi connectivity index (χ2n) is 6.82. The van der Waals surface area contributed by atoms with E-state index in [0.717, 1.165) is 16.8 Å². The molecule has 6 nitrogen and oxygen atoms in total. The van der Waals surface area contributed by atoms with Crippen LogP contribution in [-0.2, 0) is 5.54 Å². The molecule has 3 rings (SSSR count). The van der Waals surface area contributed by atoms with E-state index in [9.17, 15) is 4.79 Å². The van der Waals surface area contributed by atoms with E-state index in [1.54, 1.807) is 11.9 Å². The topological polar surface area (TPSA) is 63.9 Å². The Labute approximate surface area is 147 Å². The Morgan fingerprint density at radius 1 is 1.00 bits per heavy atom. The van der Waals surface area contributed by atoms with Crippen molar-refractivity contribution < 1.29 is 4.79 Å². The highest BCUT2D eigenvalue weighted by molar-refractivity contribution is 6.05. The molecule has 3 aromatic rings. The van der Waals surface area contributed by atoms with Crippen LogP contribution in [0, 0.1) is 0 Å². The Morgan fingerprint density at radius 3 is 2.28 bits per heavy atom. The second kappa shape index (κ2) is 6.47. The minimum absolute atomic E-state index is 0.0836. The third-order valence-electron chi connectivity index (χ3n) is 3.86. The minimum Gasteiger partial charge on any atom is -0.308 e. The molecule has 6 heteroatoms. The average molecular weight is 335 g/mol. The van der Waals surface area contributed by atoms with E-state index in [0.29, 0.717) is 0 Å². The molecular weight excluding hydrogens is 314 g/mol. The van der Waals surface area contributed by atoms with Crippen molar-refractivity contribution in [3.8, 4) is 11.1 Å². The van der Waals surface area contributed by atoms with E-state index >= 15 is 0 Å². The zero-order chi connectivity index (χ0) is 18.0. The summed E-state index contributed by atoms with van der Waals surface area (Å²) in [6, 6.07) is 17.7. The number of hydrogen-bond donors (Lipinski definition) is 0. The van der Waals surface area contributed by atoms with Gasteiger partial charge in [0.1, 0.15) is 0 Å². The van der Waals surface area contributed by atoms with Crippen molar-refractivity contribution in [1.82, 2.24) is 20.2 Å². The molecule has 2 aromatic carbocycles. The van der Waals surface area contributed by atoms with E-state index < -0.39 is 0 Å². The van der Waals surface area contributed by atoms with Crippen molar-refractivity contribution in [1.29, 1.82) is 0 Å². The number of carbonyl (C=O) groups is 1. The fraction of sp³-hybridized carbons (Fsp3) is 0.263. The molecule has 0 unspecified atom stereocenters. The largest absolute Gasteiger partial charge is 0.308 e. The maximum Gasteiger partial charge on any atom is 0.299 e. The number of benzene rings is 2. The molecule has 1 aromatic heterocycles. The molecule has 0 saturated carbocycles. The SMILES string of the molecule is CN(C(=O)c1nnn(C(C)(C)C)n1)c1ccccc1-c1ccccc1. The number of carbonyl (C=O) groups excluding carboxylic acids is 1. The predicted molar refractivity (Wildman–Crippen MR) is 97.4 cm³/mol. The van der Waals surface area contributed by atoms with Crippen LogP contribution in [0.3, 0.4) is 0 Å². The van der Waals surface area contributed by atoms with E-state index in [2.05, 4.69) is 15.4 Å². The summed E-state index contributed by atoms with van der Waals surface area (Å²) in [5, 5.41) is 12.1. The van der Waals surface area contributed by atoms with Gasteiger partial charge in [0.05, 0.1) is 11.2 Å². The Hall–Kier alpha value is -3.02. The normalized spacial score (nSPS) is 11.4. The van der Waals surface area contributed by atoms with Gasteiger partial charge in [-0.25, -0.2) is 0 Å². The Kier molecular flexibility index (Phi) is 4.35. The van der Waals surface area contributed by atoms with Crippen molar-refractivity contribution >= 4 is 11.6 Å². The van der Waals surface area contributed by atoms with Gasteiger partial charge in [0.15, 0.2) is 0 Å². The highest BCUT2D eigenvalue weighted by Gasteiger charge is 2.24. The van der Waals surface area contributed by atoms with Gasteiger partial charge >= 0.3 is 0 Å². The van der Waals surface area contributed by atoms with Gasteiger partial charge in [0.2, 0.25) is 0 Å². The molecule has 0 saturated heterocycles. The minimum atomic E-state index is -0.327. The molecule has 0 radical (unpaired) electrons. The molecule has 128 valence electrons. The number of nitrogens with zero attached hydrogens (tertiary/aromatic N) is 5. The maximum absolute atomic E-state index is 12.8. The van der Waals surface area contributed by atoms with Gasteiger partial charge in [0, 0.05) is 12.6 Å². The van der Waals surface area contributed by atoms with Gasteiger partial charge in [-0.2, -0.15) is 4.80 Å². The smallest absolute Gasteiger partial charge is 0.299 e. The molecule has 0 aliphatic rings. The molecule has 1 amide bonds. The molecule has 25 heavy (non-hydrogen) atoms. The zero-order valence-corrected chi connectivity index (χ0v) is 14.8. The number of amides is 1. The van der Waals surface area contributed by atoms with Crippen molar-refractivity contribution in [2.24, 2.45) is 0 Å². The molecule has 0 aliphatic heterocycles. The van der Waals surface area contributed by atoms with Gasteiger partial charge in [-0.1, -0.05) is 48.5 Å². The van der Waals surface area contributed by atoms with Crippen molar-refractivity contribution in [2.45, 2.75) is 26.3 Å². The van der Waals surface area contributed by atoms with Gasteiger partial charge in [-0.05, 0) is 37.6 Å². The molecule has 0 N–H and O–H groups in total. The Bertz CT molecular complexity index is 880. The van der Waals surface area contributed by atoms with Crippen LogP contribution < -0.4 is 4.90 Å². The first kappa shape index (κ1) is 16.8. The lowest BCUT2D eigenvalue weighted by Gasteiger charge is -2.19. The number of tetrazole rings is 1. The lowest BCUT2D eigenvalue weighted by molar-refractivity contribution is 0.0982. The van der Waals surface area contributed by atoms with E-state index in [1.807, 2.05) is 75.4 Å². The molecule has 0 bridgehead atoms. The van der Waals surface area contributed by atoms with Crippen LogP contribution in [0.25, 0.3) is 11.1 Å². The third kappa shape index (κ3) is 3.42. The van der Waals surface area contributed by atoms with Crippen LogP contribution in [0.5, 0.6) is 0 Å². The van der Waals surface area contributed by atoms with Crippen LogP contribution in [0.2, 0.25) is 0 Å². The molecule has 0 aliphatic carbocycles. The lowest BCUT2D eigenvalue weighted by atomic mass is 10.0. The first-order valence-electron chi connectivity index (χ1n) is 8.11. The summed E-state index contributed by atoms with van der Waals surface area (Å²) in [6.07, 6.45) is 0. The fourth-order valence-electron chi connectivity index (χ4n) is 2.47. The molecule has 1 heterocycles. The van der Waals surface area contributed by atoms with Crippen LogP contribution in [0.1, 0.15) is 31.4 Å². The summed E-state index contributed by atoms with van der Waals surface area (Å²) in [6.45, 7) is 5.87. The van der Waals surface area contributed by atoms with Crippen molar-refractivity contribution in [3.63, 3.8) is 0 Å². The van der Waals surface area contributed by atoms with Gasteiger partial charge in [-0.15, -0.1) is 10.2 Å². The number of hydrogen-bond acceptors (Lipinski definition) is 4. The summed E-state index contributed by atoms with van der Waals surface area (Å²) >= 11 is 0. The first-order valence-corrected chi connectivity index (χ1v) is 8.11. The molecule has 0 fully saturated rings. The van der Waals surface area contributed by atoms with Crippen LogP contribution in [0.15, 0.2) is 54.6 Å². The van der Waals surface area contributed by atoms with Crippen molar-refractivity contribution in [2.75, 3.05) is 11.9 Å². The van der Waals surface area contributed by atoms with Gasteiger partial charge < -0.3 is 4.90 Å². The summed E-state index contributed by atoms with van der Waals surface area (Å²) in [5.74, 6) is -0.209. The molecular formula is C19H21N5O. The van der Waals surface area contributed by atoms with Crippen LogP contribution >= 0.6 is 0 Å². The average Bonchev–Trinajstić information content (AvgIpc) is 3.12. The monoisotopic (exact) mass is 335 g/mol. The second-order valence-corrected chi connectivity index (χ2v) is 6.82. The Morgan fingerprint density at radius 2 is 1.64 bits per heavy atom. The standard InChI is InChI=1S/C19H21N5O/c1-19(2,3)24-21-17(20-22-24)18(25)23(4)16-13-9-8-12-15(16)14-10-6-5-7-11-14/h5-13H,1-4H3. The van der Waals surface area contributed by atoms with Gasteiger partial charge in [0.25, 0.3) is 11.7 Å². The summed E-state index contributed by atoms with van der Waals surface area (Å²) < 4.78 is 0. The highest BCUT2D eigenvalue weighted by atomic mass is 16.2. The summed E-state index contributed by atoms with van der Waals surface area (Å²) in [4.78, 5) is 15.8. The number of para-hydroxylation sites is 1. The van der Waals surface area contributed by atoms with Crippen molar-refractivity contribution in [3.05, 3.63) is 60.4 Å². The number of rotatable bonds is 3. The van der Waals surface area contributed by atoms with E-state index in [4.69, 9.17) is 0 Å². The number of aromatic nitrogens is 4. The van der Waals surface area contributed by atoms with Crippen LogP contribution in [-0.4, -0.2) is 33.2 Å². The number of anilines is 1. The van der Waals surface area contributed by atoms with E-state index in [1.165, 1.54) is 4.80 Å². The first-order chi connectivity index (χ1) is 11.9. The highest BCUT2D eigenvalue weighted by Crippen LogP contribution is 2.30. The van der Waals surface area contributed by atoms with Crippen LogP contribution in [0.4, 0.5) is 5.69 Å². The van der Waals surface area contributed by atoms with Gasteiger partial charge in [-0.3, -0.25) is 4.79 Å². The zero-order valence-electron chi connectivity index (χ0n) is 14.8. The molecule has 0 spiro atoms. The van der Waals surface area contributed by atoms with E-state index in [-0.39, 0.29) is 17.3 Å². The summed E-state index contributed by atoms with van der Waals surface area (Å²) in [7, 11) is 1.72. The lowest BCUT2D eigenvalue weighted by Crippen LogP contribution is -2.29. The fourth-order valence-corrected chi connectivity index (χ4v) is 2.47. The Balaban J connectivity index is 1.95. The predicted octanol–water partition coefficient (Wildman–Crippen LogP) is 3.37. The quantitative estimate of drug-likeness (QED) is 0.736. The third-order valence-corrected chi connectivity index (χ3v) is 3.86.